The Balaban J connectivity index is 2.20. The Kier molecular flexibility index (Phi) is 8.70. The summed E-state index contributed by atoms with van der Waals surface area (Å²) in [7, 11) is 0. The molecule has 1 aliphatic heterocycles. The number of unbranched alkanes of at least 4 members (excludes halogenated alkanes) is 2. The lowest BCUT2D eigenvalue weighted by Crippen LogP contribution is -2.32. The van der Waals surface area contributed by atoms with Gasteiger partial charge >= 0.3 is 0 Å². The van der Waals surface area contributed by atoms with Gasteiger partial charge in [-0.05, 0) is 19.3 Å². The first kappa shape index (κ1) is 17.9. The molecular formula is C13H20INO4S. The zero-order valence-corrected chi connectivity index (χ0v) is 14.6. The Morgan fingerprint density at radius 3 is 2.75 bits per heavy atom. The van der Waals surface area contributed by atoms with Crippen LogP contribution in [0.5, 0.6) is 0 Å². The molecule has 0 spiro atoms. The average Bonchev–Trinajstić information content (AvgIpc) is 2.66. The lowest BCUT2D eigenvalue weighted by molar-refractivity contribution is -0.138. The maximum Gasteiger partial charge on any atom is 0.245 e. The minimum atomic E-state index is -0.398. The number of likely N-dealkylation sites (tertiary alicyclic amines) is 1. The van der Waals surface area contributed by atoms with Crippen LogP contribution in [0.3, 0.4) is 0 Å². The third-order valence-electron chi connectivity index (χ3n) is 3.22. The van der Waals surface area contributed by atoms with Crippen molar-refractivity contribution in [2.45, 2.75) is 57.1 Å². The summed E-state index contributed by atoms with van der Waals surface area (Å²) in [6, 6.07) is 0. The van der Waals surface area contributed by atoms with Crippen LogP contribution in [0.1, 0.15) is 51.9 Å². The molecule has 20 heavy (non-hydrogen) atoms. The van der Waals surface area contributed by atoms with Gasteiger partial charge in [0, 0.05) is 31.4 Å². The van der Waals surface area contributed by atoms with E-state index in [9.17, 15) is 14.4 Å². The Bertz CT molecular complexity index is 364. The number of halogens is 1. The van der Waals surface area contributed by atoms with E-state index in [1.54, 1.807) is 23.0 Å². The van der Waals surface area contributed by atoms with Crippen molar-refractivity contribution in [1.29, 1.82) is 0 Å². The smallest absolute Gasteiger partial charge is 0.245 e. The molecule has 5 nitrogen and oxygen atoms in total. The maximum absolute atomic E-state index is 11.9. The van der Waals surface area contributed by atoms with Crippen LogP contribution in [-0.2, 0) is 16.9 Å². The molecule has 0 N–H and O–H groups in total. The second-order valence-electron chi connectivity index (χ2n) is 4.83. The van der Waals surface area contributed by atoms with E-state index in [0.29, 0.717) is 25.2 Å². The normalized spacial score (nSPS) is 18.9. The van der Waals surface area contributed by atoms with Gasteiger partial charge in [-0.2, -0.15) is 0 Å². The lowest BCUT2D eigenvalue weighted by Gasteiger charge is -2.14. The molecule has 1 aliphatic rings. The van der Waals surface area contributed by atoms with Crippen LogP contribution in [0.15, 0.2) is 0 Å². The van der Waals surface area contributed by atoms with E-state index >= 15 is 0 Å². The Morgan fingerprint density at radius 1 is 1.35 bits per heavy atom. The summed E-state index contributed by atoms with van der Waals surface area (Å²) in [5, 5.41) is -0.398. The Morgan fingerprint density at radius 2 is 2.10 bits per heavy atom. The first-order valence-corrected chi connectivity index (χ1v) is 8.58. The summed E-state index contributed by atoms with van der Waals surface area (Å²) in [4.78, 5) is 36.3. The summed E-state index contributed by atoms with van der Waals surface area (Å²) >= 11 is 2.74. The number of hydrogen-bond acceptors (Lipinski definition) is 5. The lowest BCUT2D eigenvalue weighted by atomic mass is 10.1. The highest BCUT2D eigenvalue weighted by atomic mass is 127. The molecule has 0 aliphatic carbocycles. The van der Waals surface area contributed by atoms with Gasteiger partial charge in [0.15, 0.2) is 0 Å². The molecule has 0 aromatic heterocycles. The molecule has 0 saturated carbocycles. The quantitative estimate of drug-likeness (QED) is 0.239. The van der Waals surface area contributed by atoms with Gasteiger partial charge in [-0.25, -0.2) is 2.51 Å². The molecule has 0 aromatic rings. The molecule has 1 unspecified atom stereocenters. The molecule has 0 radical (unpaired) electrons. The molecule has 114 valence electrons. The number of Topliss-reactive ketones (excluding diaryl/α,β-unsaturated/α-hetero) is 1. The fraction of sp³-hybridized carbons (Fsp3) is 0.769. The van der Waals surface area contributed by atoms with Crippen LogP contribution in [-0.4, -0.2) is 34.3 Å². The molecule has 0 bridgehead atoms. The average molecular weight is 413 g/mol. The van der Waals surface area contributed by atoms with E-state index in [-0.39, 0.29) is 18.2 Å². The number of carbonyl (C=O) groups is 3. The highest BCUT2D eigenvalue weighted by molar-refractivity contribution is 14.1. The van der Waals surface area contributed by atoms with Crippen molar-refractivity contribution >= 4 is 52.6 Å². The zero-order chi connectivity index (χ0) is 15.0. The maximum atomic E-state index is 11.9. The Hall–Kier alpha value is -0.150. The monoisotopic (exact) mass is 413 g/mol. The summed E-state index contributed by atoms with van der Waals surface area (Å²) in [6.45, 7) is 2.45. The van der Waals surface area contributed by atoms with Gasteiger partial charge < -0.3 is 0 Å². The van der Waals surface area contributed by atoms with Gasteiger partial charge in [-0.3, -0.25) is 19.3 Å². The van der Waals surface area contributed by atoms with Gasteiger partial charge in [-0.1, -0.05) is 13.3 Å². The number of amides is 2. The van der Waals surface area contributed by atoms with Crippen molar-refractivity contribution in [3.05, 3.63) is 0 Å². The van der Waals surface area contributed by atoms with Crippen LogP contribution in [0, 0.1) is 0 Å². The highest BCUT2D eigenvalue weighted by Gasteiger charge is 2.39. The highest BCUT2D eigenvalue weighted by Crippen LogP contribution is 2.27. The van der Waals surface area contributed by atoms with Crippen molar-refractivity contribution in [3.8, 4) is 0 Å². The predicted octanol–water partition coefficient (Wildman–Crippen LogP) is 3.06. The molecule has 1 fully saturated rings. The molecule has 1 saturated heterocycles. The Labute approximate surface area is 138 Å². The molecule has 1 atom stereocenters. The van der Waals surface area contributed by atoms with E-state index in [2.05, 4.69) is 0 Å². The number of nitrogens with zero attached hydrogens (tertiary/aromatic N) is 1. The fourth-order valence-electron chi connectivity index (χ4n) is 2.18. The van der Waals surface area contributed by atoms with Crippen LogP contribution in [0.25, 0.3) is 0 Å². The first-order chi connectivity index (χ1) is 9.60. The minimum absolute atomic E-state index is 0.122. The van der Waals surface area contributed by atoms with Crippen LogP contribution in [0.2, 0.25) is 0 Å². The van der Waals surface area contributed by atoms with E-state index in [4.69, 9.17) is 2.51 Å². The van der Waals surface area contributed by atoms with Gasteiger partial charge in [-0.15, -0.1) is 0 Å². The predicted molar refractivity (Wildman–Crippen MR) is 86.2 cm³/mol. The molecule has 1 rings (SSSR count). The zero-order valence-electron chi connectivity index (χ0n) is 11.6. The van der Waals surface area contributed by atoms with E-state index in [0.717, 1.165) is 37.7 Å². The SMILES string of the molecule is CCCC(=O)CCCCCN1C(=O)CC(SOI)C1=O. The number of imide groups is 1. The van der Waals surface area contributed by atoms with Crippen LogP contribution in [0.4, 0.5) is 0 Å². The van der Waals surface area contributed by atoms with E-state index < -0.39 is 5.25 Å². The number of ketones is 1. The molecular weight excluding hydrogens is 393 g/mol. The van der Waals surface area contributed by atoms with Gasteiger partial charge in [0.1, 0.15) is 34.0 Å². The summed E-state index contributed by atoms with van der Waals surface area (Å²) in [5.41, 5.74) is 0. The van der Waals surface area contributed by atoms with Crippen molar-refractivity contribution in [2.24, 2.45) is 0 Å². The van der Waals surface area contributed by atoms with Crippen LogP contribution >= 0.6 is 35.0 Å². The van der Waals surface area contributed by atoms with Crippen molar-refractivity contribution < 1.29 is 16.9 Å². The van der Waals surface area contributed by atoms with E-state index in [1.807, 2.05) is 6.92 Å². The van der Waals surface area contributed by atoms with Crippen LogP contribution < -0.4 is 0 Å². The minimum Gasteiger partial charge on any atom is -0.300 e. The first-order valence-electron chi connectivity index (χ1n) is 6.90. The largest absolute Gasteiger partial charge is 0.300 e. The fourth-order valence-corrected chi connectivity index (χ4v) is 3.44. The standard InChI is InChI=1S/C13H20INO4S/c1-2-6-10(16)7-4-3-5-8-15-12(17)9-11(13(15)18)20-19-14/h11H,2-9H2,1H3. The molecule has 1 heterocycles. The van der Waals surface area contributed by atoms with Gasteiger partial charge in [0.2, 0.25) is 11.8 Å². The summed E-state index contributed by atoms with van der Waals surface area (Å²) in [5.74, 6) is 0.0261. The number of rotatable bonds is 10. The summed E-state index contributed by atoms with van der Waals surface area (Å²) in [6.07, 6.45) is 4.85. The molecule has 0 aromatic carbocycles. The van der Waals surface area contributed by atoms with Gasteiger partial charge in [0.05, 0.1) is 6.42 Å². The van der Waals surface area contributed by atoms with Crippen molar-refractivity contribution in [3.63, 3.8) is 0 Å². The molecule has 2 amide bonds. The van der Waals surface area contributed by atoms with E-state index in [1.165, 1.54) is 4.90 Å². The topological polar surface area (TPSA) is 63.7 Å². The van der Waals surface area contributed by atoms with Crippen molar-refractivity contribution in [1.82, 2.24) is 4.90 Å². The summed E-state index contributed by atoms with van der Waals surface area (Å²) < 4.78 is 4.83. The van der Waals surface area contributed by atoms with Gasteiger partial charge in [0.25, 0.3) is 0 Å². The molecule has 7 heteroatoms. The second-order valence-corrected chi connectivity index (χ2v) is 6.80. The third kappa shape index (κ3) is 5.69. The number of carbonyl (C=O) groups excluding carboxylic acids is 3. The second kappa shape index (κ2) is 9.73. The third-order valence-corrected chi connectivity index (χ3v) is 4.52. The number of hydrogen-bond donors (Lipinski definition) is 0. The van der Waals surface area contributed by atoms with Crippen molar-refractivity contribution in [2.75, 3.05) is 6.54 Å².